The molecule has 0 saturated carbocycles. The molecular weight excluding hydrogens is 1070 g/mol. The van der Waals surface area contributed by atoms with Gasteiger partial charge in [0, 0.05) is 85.7 Å². The highest BCUT2D eigenvalue weighted by Crippen LogP contribution is 2.44. The van der Waals surface area contributed by atoms with E-state index in [1.54, 1.807) is 51.2 Å². The highest BCUT2D eigenvalue weighted by atomic mass is 35.5. The van der Waals surface area contributed by atoms with E-state index in [-0.39, 0.29) is 46.0 Å². The van der Waals surface area contributed by atoms with Crippen LogP contribution in [0, 0.1) is 11.3 Å². The van der Waals surface area contributed by atoms with Gasteiger partial charge < -0.3 is 24.3 Å². The second kappa shape index (κ2) is 22.8. The van der Waals surface area contributed by atoms with Crippen LogP contribution in [0.5, 0.6) is 11.5 Å². The zero-order valence-electron chi connectivity index (χ0n) is 43.0. The Balaban J connectivity index is 0.986. The molecular formula is C53H63ClF3N7O9S3. The lowest BCUT2D eigenvalue weighted by molar-refractivity contribution is -0.0436. The third-order valence-corrected chi connectivity index (χ3v) is 19.3. The topological polar surface area (TPSA) is 201 Å². The van der Waals surface area contributed by atoms with Crippen LogP contribution in [0.25, 0.3) is 16.6 Å². The van der Waals surface area contributed by atoms with Crippen molar-refractivity contribution in [2.45, 2.75) is 88.1 Å². The SMILES string of the molecule is CC(C)OC(=O)N=S1(=O)CCN(CC[C@H](C)Cc2ccc(S(=O)(=O)NC(=O)c3ccc(N4CCN(CC5=C(c6ccc(Cl)cc6)CC(C)(C)CC5)CC4)cc3Oc3cnc4[nH]ccc4c3)cc2S(=O)(=O)C(F)(F)F)CC1. The smallest absolute Gasteiger partial charge is 0.455 e. The number of sulfonamides is 1. The van der Waals surface area contributed by atoms with Crippen molar-refractivity contribution in [2.75, 3.05) is 68.8 Å². The van der Waals surface area contributed by atoms with Crippen molar-refractivity contribution >= 4 is 75.5 Å². The summed E-state index contributed by atoms with van der Waals surface area (Å²) in [5.74, 6) is -1.16. The maximum atomic E-state index is 14.3. The highest BCUT2D eigenvalue weighted by molar-refractivity contribution is 7.94. The predicted molar refractivity (Wildman–Crippen MR) is 287 cm³/mol. The van der Waals surface area contributed by atoms with Gasteiger partial charge in [-0.3, -0.25) is 9.69 Å². The lowest BCUT2D eigenvalue weighted by Gasteiger charge is -2.39. The first-order valence-corrected chi connectivity index (χ1v) is 30.3. The number of fused-ring (bicyclic) bond motifs is 1. The van der Waals surface area contributed by atoms with Gasteiger partial charge in [-0.2, -0.15) is 13.2 Å². The number of aromatic nitrogens is 2. The van der Waals surface area contributed by atoms with Gasteiger partial charge in [-0.05, 0) is 129 Å². The number of sulfone groups is 1. The normalized spacial score (nSPS) is 18.2. The Kier molecular flexibility index (Phi) is 17.0. The lowest BCUT2D eigenvalue weighted by atomic mass is 9.72. The molecule has 8 rings (SSSR count). The number of hydrogen-bond acceptors (Lipinski definition) is 13. The molecule has 0 unspecified atom stereocenters. The maximum Gasteiger partial charge on any atom is 0.501 e. The van der Waals surface area contributed by atoms with Crippen LogP contribution in [0.2, 0.25) is 5.02 Å². The van der Waals surface area contributed by atoms with E-state index in [1.807, 2.05) is 21.8 Å². The summed E-state index contributed by atoms with van der Waals surface area (Å²) in [6, 6.07) is 18.6. The van der Waals surface area contributed by atoms with E-state index in [4.69, 9.17) is 21.1 Å². The third-order valence-electron chi connectivity index (χ3n) is 14.0. The van der Waals surface area contributed by atoms with Gasteiger partial charge in [-0.1, -0.05) is 56.1 Å². The number of pyridine rings is 1. The van der Waals surface area contributed by atoms with E-state index < -0.39 is 68.9 Å². The fraction of sp³-hybridized carbons (Fsp3) is 0.453. The molecule has 0 bridgehead atoms. The van der Waals surface area contributed by atoms with E-state index in [2.05, 4.69) is 50.1 Å². The fourth-order valence-corrected chi connectivity index (χ4v) is 13.8. The molecule has 1 aliphatic carbocycles. The number of anilines is 1. The number of rotatable bonds is 16. The number of halogens is 4. The van der Waals surface area contributed by atoms with Crippen molar-refractivity contribution in [1.29, 1.82) is 0 Å². The number of aromatic amines is 1. The first-order valence-electron chi connectivity index (χ1n) is 25.1. The first-order chi connectivity index (χ1) is 35.8. The lowest BCUT2D eigenvalue weighted by Crippen LogP contribution is -2.47. The number of carbonyl (C=O) groups excluding carboxylic acids is 2. The Morgan fingerprint density at radius 1 is 0.921 bits per heavy atom. The molecule has 3 aliphatic rings. The number of allylic oxidation sites excluding steroid dienone is 1. The van der Waals surface area contributed by atoms with Gasteiger partial charge in [0.1, 0.15) is 17.1 Å². The summed E-state index contributed by atoms with van der Waals surface area (Å²) in [5.41, 5.74) is -0.893. The molecule has 1 atom stereocenters. The molecule has 2 N–H and O–H groups in total. The summed E-state index contributed by atoms with van der Waals surface area (Å²) >= 11 is 6.24. The van der Waals surface area contributed by atoms with Gasteiger partial charge in [-0.25, -0.2) is 35.5 Å². The number of benzene rings is 3. The van der Waals surface area contributed by atoms with Gasteiger partial charge in [0.05, 0.1) is 37.4 Å². The van der Waals surface area contributed by atoms with Crippen LogP contribution < -0.4 is 14.4 Å². The number of ether oxygens (including phenoxy) is 2. The van der Waals surface area contributed by atoms with Crippen molar-refractivity contribution in [1.82, 2.24) is 24.5 Å². The summed E-state index contributed by atoms with van der Waals surface area (Å²) in [5, 5.41) is 1.39. The third kappa shape index (κ3) is 13.8. The van der Waals surface area contributed by atoms with Crippen LogP contribution in [0.4, 0.5) is 23.7 Å². The summed E-state index contributed by atoms with van der Waals surface area (Å²) in [6.45, 7) is 14.2. The minimum atomic E-state index is -6.09. The largest absolute Gasteiger partial charge is 0.501 e. The summed E-state index contributed by atoms with van der Waals surface area (Å²) in [7, 11) is -13.9. The van der Waals surface area contributed by atoms with Crippen LogP contribution in [-0.2, 0) is 40.7 Å². The molecule has 0 spiro atoms. The van der Waals surface area contributed by atoms with E-state index in [0.29, 0.717) is 67.0 Å². The Morgan fingerprint density at radius 3 is 2.32 bits per heavy atom. The average Bonchev–Trinajstić information content (AvgIpc) is 3.83. The molecule has 76 heavy (non-hydrogen) atoms. The Bertz CT molecular complexity index is 3360. The van der Waals surface area contributed by atoms with E-state index in [0.717, 1.165) is 51.0 Å². The van der Waals surface area contributed by atoms with Crippen molar-refractivity contribution in [3.63, 3.8) is 0 Å². The minimum Gasteiger partial charge on any atom is -0.455 e. The molecule has 410 valence electrons. The van der Waals surface area contributed by atoms with Crippen LogP contribution in [0.15, 0.2) is 105 Å². The molecule has 5 aromatic rings. The number of nitrogens with one attached hydrogen (secondary N) is 2. The van der Waals surface area contributed by atoms with Crippen LogP contribution in [0.3, 0.4) is 0 Å². The molecule has 2 saturated heterocycles. The Morgan fingerprint density at radius 2 is 1.63 bits per heavy atom. The first kappa shape index (κ1) is 56.7. The Hall–Kier alpha value is -5.52. The zero-order chi connectivity index (χ0) is 54.8. The minimum absolute atomic E-state index is 0.0314. The van der Waals surface area contributed by atoms with Crippen LogP contribution >= 0.6 is 11.6 Å². The number of carbonyl (C=O) groups is 2. The molecule has 23 heteroatoms. The van der Waals surface area contributed by atoms with Crippen molar-refractivity contribution in [3.8, 4) is 11.5 Å². The number of nitrogens with zero attached hydrogens (tertiary/aromatic N) is 5. The number of alkyl halides is 3. The Labute approximate surface area is 447 Å². The fourth-order valence-electron chi connectivity index (χ4n) is 9.77. The molecule has 2 aliphatic heterocycles. The van der Waals surface area contributed by atoms with Crippen molar-refractivity contribution in [2.24, 2.45) is 15.7 Å². The molecule has 2 aromatic heterocycles. The van der Waals surface area contributed by atoms with Gasteiger partial charge in [0.25, 0.3) is 25.8 Å². The molecule has 16 nitrogen and oxygen atoms in total. The van der Waals surface area contributed by atoms with E-state index in [1.165, 1.54) is 29.0 Å². The zero-order valence-corrected chi connectivity index (χ0v) is 46.2. The second-order valence-electron chi connectivity index (χ2n) is 20.9. The molecule has 2 fully saturated rings. The van der Waals surface area contributed by atoms with Crippen LogP contribution in [-0.4, -0.2) is 128 Å². The second-order valence-corrected chi connectivity index (χ2v) is 27.4. The summed E-state index contributed by atoms with van der Waals surface area (Å²) in [6.07, 6.45) is 5.05. The number of hydrogen-bond donors (Lipinski definition) is 2. The van der Waals surface area contributed by atoms with Crippen molar-refractivity contribution < 1.29 is 53.3 Å². The quantitative estimate of drug-likeness (QED) is 0.0946. The van der Waals surface area contributed by atoms with Gasteiger partial charge in [-0.15, -0.1) is 4.36 Å². The molecule has 3 aromatic carbocycles. The highest BCUT2D eigenvalue weighted by Gasteiger charge is 2.48. The van der Waals surface area contributed by atoms with Crippen LogP contribution in [0.1, 0.15) is 81.8 Å². The molecule has 2 amide bonds. The van der Waals surface area contributed by atoms with Crippen molar-refractivity contribution in [3.05, 3.63) is 112 Å². The van der Waals surface area contributed by atoms with Gasteiger partial charge in [0.15, 0.2) is 0 Å². The summed E-state index contributed by atoms with van der Waals surface area (Å²) < 4.78 is 127. The monoisotopic (exact) mass is 1130 g/mol. The standard InChI is InChI=1S/C53H63ClF3N7O9S3/c1-35(2)72-51(66)61-74(67)26-24-62(25-27-74)19-16-36(3)28-38-8-12-44(31-48(38)75(68,69)53(55,56)57)76(70,71)60-50(65)45-13-11-42(30-47(45)73-43-29-39-15-18-58-49(39)59-33-43)64-22-20-63(21-23-64)34-40-14-17-52(4,5)32-46(40)37-6-9-41(54)10-7-37/h6-13,15,18,29-31,33,35-36H,14,16-17,19-28,32,34H2,1-5H3,(H,58,59)(H,60,65)/t36-/m0/s1. The predicted octanol–water partition coefficient (Wildman–Crippen LogP) is 10.1. The average molecular weight is 1130 g/mol. The number of piperazine rings is 1. The van der Waals surface area contributed by atoms with E-state index in [9.17, 15) is 43.8 Å². The summed E-state index contributed by atoms with van der Waals surface area (Å²) in [4.78, 5) is 37.9. The van der Waals surface area contributed by atoms with Gasteiger partial charge >= 0.3 is 11.6 Å². The molecule has 4 heterocycles. The number of H-pyrrole nitrogens is 1. The maximum absolute atomic E-state index is 14.3. The molecule has 0 radical (unpaired) electrons. The number of amides is 2. The van der Waals surface area contributed by atoms with Gasteiger partial charge in [0.2, 0.25) is 0 Å². The van der Waals surface area contributed by atoms with E-state index >= 15 is 0 Å².